The molecule has 0 heterocycles. The number of hydrogen-bond acceptors (Lipinski definition) is 2. The van der Waals surface area contributed by atoms with Crippen molar-refractivity contribution in [1.29, 1.82) is 0 Å². The van der Waals surface area contributed by atoms with Crippen LogP contribution in [0.4, 0.5) is 0 Å². The van der Waals surface area contributed by atoms with Gasteiger partial charge in [0.2, 0.25) is 0 Å². The Bertz CT molecular complexity index is 678. The lowest BCUT2D eigenvalue weighted by atomic mass is 9.80. The molecule has 1 fully saturated rings. The molecule has 0 spiro atoms. The van der Waals surface area contributed by atoms with Crippen molar-refractivity contribution in [2.24, 2.45) is 0 Å². The Morgan fingerprint density at radius 2 is 1.82 bits per heavy atom. The molecule has 1 saturated carbocycles. The van der Waals surface area contributed by atoms with E-state index in [1.54, 1.807) is 18.9 Å². The van der Waals surface area contributed by atoms with Gasteiger partial charge < -0.3 is 4.74 Å². The van der Waals surface area contributed by atoms with E-state index in [1.165, 1.54) is 24.8 Å². The van der Waals surface area contributed by atoms with Crippen molar-refractivity contribution in [3.8, 4) is 5.75 Å². The van der Waals surface area contributed by atoms with E-state index in [-0.39, 0.29) is 0 Å². The maximum Gasteiger partial charge on any atom is 0.122 e. The molecule has 0 amide bonds. The van der Waals surface area contributed by atoms with Gasteiger partial charge >= 0.3 is 0 Å². The second kappa shape index (κ2) is 7.04. The first-order valence-electron chi connectivity index (χ1n) is 7.09. The Balaban J connectivity index is 1.93. The molecule has 1 aliphatic carbocycles. The highest BCUT2D eigenvalue weighted by Gasteiger charge is 2.23. The molecular formula is C17H15BrCl2OS. The van der Waals surface area contributed by atoms with Gasteiger partial charge in [0.25, 0.3) is 0 Å². The maximum absolute atomic E-state index is 6.32. The Kier molecular flexibility index (Phi) is 5.28. The average Bonchev–Trinajstić information content (AvgIpc) is 2.41. The summed E-state index contributed by atoms with van der Waals surface area (Å²) in [4.78, 5) is 2.02. The molecule has 0 atom stereocenters. The Hall–Kier alpha value is -0.350. The molecule has 0 aliphatic heterocycles. The average molecular weight is 418 g/mol. The Morgan fingerprint density at radius 3 is 2.36 bits per heavy atom. The van der Waals surface area contributed by atoms with Crippen molar-refractivity contribution in [1.82, 2.24) is 0 Å². The zero-order valence-electron chi connectivity index (χ0n) is 12.0. The molecule has 0 unspecified atom stereocenters. The predicted molar refractivity (Wildman–Crippen MR) is 97.9 cm³/mol. The van der Waals surface area contributed by atoms with E-state index in [2.05, 4.69) is 28.1 Å². The van der Waals surface area contributed by atoms with Gasteiger partial charge in [0.05, 0.1) is 17.2 Å². The van der Waals surface area contributed by atoms with Gasteiger partial charge in [-0.15, -0.1) is 0 Å². The summed E-state index contributed by atoms with van der Waals surface area (Å²) in [5.41, 5.74) is 1.29. The highest BCUT2D eigenvalue weighted by atomic mass is 79.9. The summed E-state index contributed by atoms with van der Waals surface area (Å²) in [5.74, 6) is 1.59. The fourth-order valence-corrected chi connectivity index (χ4v) is 4.87. The summed E-state index contributed by atoms with van der Waals surface area (Å²) < 4.78 is 6.39. The van der Waals surface area contributed by atoms with Crippen molar-refractivity contribution in [3.63, 3.8) is 0 Å². The van der Waals surface area contributed by atoms with E-state index in [0.717, 1.165) is 20.0 Å². The third-order valence-electron chi connectivity index (χ3n) is 3.93. The standard InChI is InChI=1S/C17H15BrCl2OS/c1-21-16-6-5-12(9-13(16)10-3-2-4-10)22-17-14(19)7-11(18)8-15(17)20/h5-10H,2-4H2,1H3. The second-order valence-electron chi connectivity index (χ2n) is 5.33. The molecule has 0 N–H and O–H groups in total. The lowest BCUT2D eigenvalue weighted by molar-refractivity contribution is 0.373. The van der Waals surface area contributed by atoms with E-state index >= 15 is 0 Å². The third-order valence-corrected chi connectivity index (χ3v) is 6.34. The second-order valence-corrected chi connectivity index (χ2v) is 8.15. The third kappa shape index (κ3) is 3.43. The van der Waals surface area contributed by atoms with Crippen molar-refractivity contribution < 1.29 is 4.74 Å². The normalized spacial score (nSPS) is 14.7. The van der Waals surface area contributed by atoms with Crippen LogP contribution in [0.5, 0.6) is 5.75 Å². The first-order chi connectivity index (χ1) is 10.6. The summed E-state index contributed by atoms with van der Waals surface area (Å²) >= 11 is 17.6. The first kappa shape index (κ1) is 16.5. The van der Waals surface area contributed by atoms with Gasteiger partial charge in [-0.25, -0.2) is 0 Å². The van der Waals surface area contributed by atoms with Crippen LogP contribution in [0.15, 0.2) is 44.6 Å². The van der Waals surface area contributed by atoms with Crippen LogP contribution in [0.1, 0.15) is 30.7 Å². The van der Waals surface area contributed by atoms with Crippen LogP contribution in [0, 0.1) is 0 Å². The van der Waals surface area contributed by atoms with Gasteiger partial charge in [0.15, 0.2) is 0 Å². The summed E-state index contributed by atoms with van der Waals surface area (Å²) in [5, 5.41) is 1.32. The van der Waals surface area contributed by atoms with E-state index in [1.807, 2.05) is 18.2 Å². The van der Waals surface area contributed by atoms with Gasteiger partial charge in [-0.05, 0) is 54.7 Å². The first-order valence-corrected chi connectivity index (χ1v) is 9.45. The maximum atomic E-state index is 6.32. The smallest absolute Gasteiger partial charge is 0.122 e. The van der Waals surface area contributed by atoms with Crippen LogP contribution >= 0.6 is 50.9 Å². The van der Waals surface area contributed by atoms with E-state index in [0.29, 0.717) is 16.0 Å². The lowest BCUT2D eigenvalue weighted by Crippen LogP contribution is -2.10. The van der Waals surface area contributed by atoms with E-state index < -0.39 is 0 Å². The monoisotopic (exact) mass is 416 g/mol. The lowest BCUT2D eigenvalue weighted by Gasteiger charge is -2.27. The summed E-state index contributed by atoms with van der Waals surface area (Å²) in [6, 6.07) is 10.0. The van der Waals surface area contributed by atoms with Crippen molar-refractivity contribution in [2.75, 3.05) is 7.11 Å². The van der Waals surface area contributed by atoms with E-state index in [9.17, 15) is 0 Å². The molecule has 2 aromatic rings. The van der Waals surface area contributed by atoms with Gasteiger partial charge in [-0.3, -0.25) is 0 Å². The van der Waals surface area contributed by atoms with Crippen LogP contribution in [0.2, 0.25) is 10.0 Å². The molecule has 2 aromatic carbocycles. The number of ether oxygens (including phenoxy) is 1. The van der Waals surface area contributed by atoms with Gasteiger partial charge in [-0.2, -0.15) is 0 Å². The Morgan fingerprint density at radius 1 is 1.14 bits per heavy atom. The number of methoxy groups -OCH3 is 1. The molecule has 0 radical (unpaired) electrons. The number of hydrogen-bond donors (Lipinski definition) is 0. The molecule has 0 saturated heterocycles. The molecule has 1 nitrogen and oxygen atoms in total. The SMILES string of the molecule is COc1ccc(Sc2c(Cl)cc(Br)cc2Cl)cc1C1CCC1. The van der Waals surface area contributed by atoms with Crippen LogP contribution in [0.3, 0.4) is 0 Å². The van der Waals surface area contributed by atoms with Gasteiger partial charge in [0.1, 0.15) is 5.75 Å². The summed E-state index contributed by atoms with van der Waals surface area (Å²) in [7, 11) is 1.73. The molecule has 0 aromatic heterocycles. The van der Waals surface area contributed by atoms with Crippen LogP contribution in [-0.4, -0.2) is 7.11 Å². The van der Waals surface area contributed by atoms with E-state index in [4.69, 9.17) is 27.9 Å². The number of halogens is 3. The van der Waals surface area contributed by atoms with Gasteiger partial charge in [-0.1, -0.05) is 57.3 Å². The highest BCUT2D eigenvalue weighted by molar-refractivity contribution is 9.10. The quantitative estimate of drug-likeness (QED) is 0.520. The zero-order valence-corrected chi connectivity index (χ0v) is 16.0. The molecule has 5 heteroatoms. The zero-order chi connectivity index (χ0) is 15.7. The minimum atomic E-state index is 0.617. The minimum Gasteiger partial charge on any atom is -0.496 e. The fraction of sp³-hybridized carbons (Fsp3) is 0.294. The van der Waals surface area contributed by atoms with Crippen molar-refractivity contribution >= 4 is 50.9 Å². The molecule has 22 heavy (non-hydrogen) atoms. The predicted octanol–water partition coefficient (Wildman–Crippen LogP) is 7.18. The fourth-order valence-electron chi connectivity index (χ4n) is 2.56. The van der Waals surface area contributed by atoms with Crippen LogP contribution in [-0.2, 0) is 0 Å². The summed E-state index contributed by atoms with van der Waals surface area (Å²) in [6.45, 7) is 0. The number of benzene rings is 2. The molecule has 116 valence electrons. The number of rotatable bonds is 4. The highest BCUT2D eigenvalue weighted by Crippen LogP contribution is 2.45. The summed E-state index contributed by atoms with van der Waals surface area (Å²) in [6.07, 6.45) is 3.78. The van der Waals surface area contributed by atoms with Crippen molar-refractivity contribution in [2.45, 2.75) is 35.0 Å². The van der Waals surface area contributed by atoms with Crippen molar-refractivity contribution in [3.05, 3.63) is 50.4 Å². The van der Waals surface area contributed by atoms with Gasteiger partial charge in [0, 0.05) is 14.3 Å². The Labute approximate surface area is 153 Å². The van der Waals surface area contributed by atoms with Crippen LogP contribution < -0.4 is 4.74 Å². The molecule has 3 rings (SSSR count). The largest absolute Gasteiger partial charge is 0.496 e. The molecule has 1 aliphatic rings. The van der Waals surface area contributed by atoms with Crippen LogP contribution in [0.25, 0.3) is 0 Å². The topological polar surface area (TPSA) is 9.23 Å². The minimum absolute atomic E-state index is 0.617. The molecular weight excluding hydrogens is 403 g/mol. The molecule has 0 bridgehead atoms.